The molecule has 1 N–H and O–H groups in total. The minimum atomic E-state index is -4.51. The summed E-state index contributed by atoms with van der Waals surface area (Å²) in [5.74, 6) is 0. The van der Waals surface area contributed by atoms with Crippen molar-refractivity contribution in [2.45, 2.75) is 31.6 Å². The quantitative estimate of drug-likeness (QED) is 0.918. The van der Waals surface area contributed by atoms with Crippen LogP contribution < -0.4 is 15.8 Å². The number of hydrogen-bond acceptors (Lipinski definition) is 4. The van der Waals surface area contributed by atoms with Crippen LogP contribution in [0.15, 0.2) is 11.0 Å². The third-order valence-electron chi connectivity index (χ3n) is 3.54. The molecule has 21 heavy (non-hydrogen) atoms. The molecule has 1 aromatic rings. The molecule has 0 spiro atoms. The third kappa shape index (κ3) is 3.88. The lowest BCUT2D eigenvalue weighted by molar-refractivity contribution is -0.143. The lowest BCUT2D eigenvalue weighted by Gasteiger charge is -2.33. The second-order valence-corrected chi connectivity index (χ2v) is 5.35. The van der Waals surface area contributed by atoms with E-state index in [2.05, 4.69) is 10.4 Å². The SMILES string of the molecule is CNC1CCN(c2cnn(CC(F)(F)F)c(=O)c2Cl)CC1. The Hall–Kier alpha value is -1.28. The molecule has 0 unspecified atom stereocenters. The zero-order valence-electron chi connectivity index (χ0n) is 11.5. The lowest BCUT2D eigenvalue weighted by Crippen LogP contribution is -2.42. The number of hydrogen-bond donors (Lipinski definition) is 1. The van der Waals surface area contributed by atoms with Crippen LogP contribution in [0.25, 0.3) is 0 Å². The molecule has 5 nitrogen and oxygen atoms in total. The van der Waals surface area contributed by atoms with Crippen LogP contribution in [-0.2, 0) is 6.54 Å². The second kappa shape index (κ2) is 6.23. The predicted octanol–water partition coefficient (Wildman–Crippen LogP) is 1.65. The Labute approximate surface area is 124 Å². The minimum Gasteiger partial charge on any atom is -0.369 e. The van der Waals surface area contributed by atoms with Crippen LogP contribution >= 0.6 is 11.6 Å². The first-order valence-corrected chi connectivity index (χ1v) is 6.94. The average Bonchev–Trinajstić information content (AvgIpc) is 2.43. The largest absolute Gasteiger partial charge is 0.408 e. The highest BCUT2D eigenvalue weighted by atomic mass is 35.5. The van der Waals surface area contributed by atoms with Gasteiger partial charge in [-0.1, -0.05) is 11.6 Å². The highest BCUT2D eigenvalue weighted by Crippen LogP contribution is 2.25. The molecule has 9 heteroatoms. The van der Waals surface area contributed by atoms with Crippen LogP contribution in [-0.4, -0.2) is 42.1 Å². The normalized spacial score (nSPS) is 17.3. The van der Waals surface area contributed by atoms with Crippen LogP contribution in [0.5, 0.6) is 0 Å². The lowest BCUT2D eigenvalue weighted by atomic mass is 10.1. The minimum absolute atomic E-state index is 0.211. The van der Waals surface area contributed by atoms with E-state index in [4.69, 9.17) is 11.6 Å². The van der Waals surface area contributed by atoms with E-state index >= 15 is 0 Å². The predicted molar refractivity (Wildman–Crippen MR) is 73.9 cm³/mol. The number of nitrogens with one attached hydrogen (secondary N) is 1. The van der Waals surface area contributed by atoms with Crippen molar-refractivity contribution in [3.63, 3.8) is 0 Å². The fourth-order valence-electron chi connectivity index (χ4n) is 2.37. The van der Waals surface area contributed by atoms with Gasteiger partial charge in [0.25, 0.3) is 5.56 Å². The maximum Gasteiger partial charge on any atom is 0.408 e. The monoisotopic (exact) mass is 324 g/mol. The van der Waals surface area contributed by atoms with Crippen molar-refractivity contribution in [3.8, 4) is 0 Å². The molecule has 0 aliphatic carbocycles. The summed E-state index contributed by atoms with van der Waals surface area (Å²) in [4.78, 5) is 13.7. The van der Waals surface area contributed by atoms with Gasteiger partial charge < -0.3 is 10.2 Å². The van der Waals surface area contributed by atoms with Crippen molar-refractivity contribution in [1.82, 2.24) is 15.1 Å². The molecule has 0 amide bonds. The molecular weight excluding hydrogens is 309 g/mol. The summed E-state index contributed by atoms with van der Waals surface area (Å²) >= 11 is 5.93. The average molecular weight is 325 g/mol. The van der Waals surface area contributed by atoms with Crippen LogP contribution in [0.3, 0.4) is 0 Å². The van der Waals surface area contributed by atoms with Crippen LogP contribution in [0.4, 0.5) is 18.9 Å². The van der Waals surface area contributed by atoms with Gasteiger partial charge in [-0.15, -0.1) is 0 Å². The Balaban J connectivity index is 2.20. The summed E-state index contributed by atoms with van der Waals surface area (Å²) in [6, 6.07) is 0.401. The van der Waals surface area contributed by atoms with Gasteiger partial charge in [-0.3, -0.25) is 4.79 Å². The van der Waals surface area contributed by atoms with Gasteiger partial charge in [-0.25, -0.2) is 4.68 Å². The van der Waals surface area contributed by atoms with E-state index in [0.29, 0.717) is 29.5 Å². The smallest absolute Gasteiger partial charge is 0.369 e. The molecule has 0 radical (unpaired) electrons. The standard InChI is InChI=1S/C12H16ClF3N4O/c1-17-8-2-4-19(5-3-8)9-6-18-20(7-12(14,15)16)11(21)10(9)13/h6,8,17H,2-5,7H2,1H3. The molecule has 0 saturated carbocycles. The molecule has 2 rings (SSSR count). The van der Waals surface area contributed by atoms with Crippen molar-refractivity contribution in [1.29, 1.82) is 0 Å². The van der Waals surface area contributed by atoms with Gasteiger partial charge in [-0.2, -0.15) is 18.3 Å². The number of halogens is 4. The van der Waals surface area contributed by atoms with E-state index in [0.717, 1.165) is 12.8 Å². The van der Waals surface area contributed by atoms with Crippen molar-refractivity contribution in [2.24, 2.45) is 0 Å². The van der Waals surface area contributed by atoms with Crippen LogP contribution in [0.2, 0.25) is 5.02 Å². The molecule has 1 aliphatic heterocycles. The van der Waals surface area contributed by atoms with E-state index in [1.807, 2.05) is 11.9 Å². The Morgan fingerprint density at radius 1 is 1.43 bits per heavy atom. The van der Waals surface area contributed by atoms with E-state index in [9.17, 15) is 18.0 Å². The molecule has 0 bridgehead atoms. The van der Waals surface area contributed by atoms with Crippen molar-refractivity contribution in [3.05, 3.63) is 21.6 Å². The molecule has 0 aromatic carbocycles. The second-order valence-electron chi connectivity index (χ2n) is 4.97. The molecular formula is C12H16ClF3N4O. The van der Waals surface area contributed by atoms with Gasteiger partial charge in [0.05, 0.1) is 11.9 Å². The number of nitrogens with zero attached hydrogens (tertiary/aromatic N) is 3. The first-order chi connectivity index (χ1) is 9.81. The summed E-state index contributed by atoms with van der Waals surface area (Å²) in [6.45, 7) is -0.0844. The first kappa shape index (κ1) is 16.1. The van der Waals surface area contributed by atoms with E-state index in [-0.39, 0.29) is 5.02 Å². The Bertz CT molecular complexity index is 552. The number of alkyl halides is 3. The van der Waals surface area contributed by atoms with Gasteiger partial charge in [0.2, 0.25) is 0 Å². The van der Waals surface area contributed by atoms with Crippen molar-refractivity contribution in [2.75, 3.05) is 25.0 Å². The number of anilines is 1. The van der Waals surface area contributed by atoms with Crippen LogP contribution in [0, 0.1) is 0 Å². The molecule has 1 aliphatic rings. The van der Waals surface area contributed by atoms with E-state index < -0.39 is 18.3 Å². The van der Waals surface area contributed by atoms with Gasteiger partial charge in [0.1, 0.15) is 11.6 Å². The molecule has 2 heterocycles. The summed E-state index contributed by atoms with van der Waals surface area (Å²) < 4.78 is 37.3. The Morgan fingerprint density at radius 2 is 2.05 bits per heavy atom. The summed E-state index contributed by atoms with van der Waals surface area (Å²) in [7, 11) is 1.88. The van der Waals surface area contributed by atoms with Crippen LogP contribution in [0.1, 0.15) is 12.8 Å². The van der Waals surface area contributed by atoms with Gasteiger partial charge in [0, 0.05) is 19.1 Å². The summed E-state index contributed by atoms with van der Waals surface area (Å²) in [6.07, 6.45) is -1.53. The molecule has 0 atom stereocenters. The Morgan fingerprint density at radius 3 is 2.57 bits per heavy atom. The topological polar surface area (TPSA) is 50.2 Å². The van der Waals surface area contributed by atoms with Gasteiger partial charge >= 0.3 is 6.18 Å². The number of aromatic nitrogens is 2. The fourth-order valence-corrected chi connectivity index (χ4v) is 2.63. The fraction of sp³-hybridized carbons (Fsp3) is 0.667. The van der Waals surface area contributed by atoms with Gasteiger partial charge in [-0.05, 0) is 19.9 Å². The molecule has 1 saturated heterocycles. The zero-order chi connectivity index (χ0) is 15.6. The van der Waals surface area contributed by atoms with Crippen molar-refractivity contribution < 1.29 is 13.2 Å². The molecule has 1 aromatic heterocycles. The van der Waals surface area contributed by atoms with Crippen molar-refractivity contribution >= 4 is 17.3 Å². The van der Waals surface area contributed by atoms with Gasteiger partial charge in [0.15, 0.2) is 0 Å². The van der Waals surface area contributed by atoms with E-state index in [1.165, 1.54) is 6.20 Å². The summed E-state index contributed by atoms with van der Waals surface area (Å²) in [5, 5.41) is 6.54. The summed E-state index contributed by atoms with van der Waals surface area (Å²) in [5.41, 5.74) is -0.517. The molecule has 1 fully saturated rings. The Kier molecular flexibility index (Phi) is 4.77. The molecule has 118 valence electrons. The zero-order valence-corrected chi connectivity index (χ0v) is 12.2. The highest BCUT2D eigenvalue weighted by molar-refractivity contribution is 6.33. The third-order valence-corrected chi connectivity index (χ3v) is 3.89. The maximum atomic E-state index is 12.3. The van der Waals surface area contributed by atoms with E-state index in [1.54, 1.807) is 0 Å². The highest BCUT2D eigenvalue weighted by Gasteiger charge is 2.30. The number of rotatable bonds is 3. The number of piperidine rings is 1. The first-order valence-electron chi connectivity index (χ1n) is 6.56. The maximum absolute atomic E-state index is 12.3.